The number of piperazine rings is 1. The fourth-order valence-corrected chi connectivity index (χ4v) is 2.76. The quantitative estimate of drug-likeness (QED) is 0.894. The molecule has 1 aromatic heterocycles. The third-order valence-corrected chi connectivity index (χ3v) is 3.73. The molecule has 112 valence electrons. The Labute approximate surface area is 121 Å². The monoisotopic (exact) mass is 278 g/mol. The molecule has 0 radical (unpaired) electrons. The van der Waals surface area contributed by atoms with E-state index in [-0.39, 0.29) is 11.4 Å². The van der Waals surface area contributed by atoms with Crippen LogP contribution in [0.1, 0.15) is 50.7 Å². The van der Waals surface area contributed by atoms with Gasteiger partial charge in [0.2, 0.25) is 0 Å². The van der Waals surface area contributed by atoms with Crippen molar-refractivity contribution in [2.75, 3.05) is 19.6 Å². The summed E-state index contributed by atoms with van der Waals surface area (Å²) in [6.45, 7) is 12.9. The summed E-state index contributed by atoms with van der Waals surface area (Å²) >= 11 is 0. The maximum atomic E-state index is 12.7. The lowest BCUT2D eigenvalue weighted by atomic mass is 10.1. The van der Waals surface area contributed by atoms with Crippen LogP contribution in [0, 0.1) is 0 Å². The number of aromatic nitrogens is 2. The van der Waals surface area contributed by atoms with Crippen LogP contribution in [0.5, 0.6) is 0 Å². The van der Waals surface area contributed by atoms with Crippen molar-refractivity contribution < 1.29 is 4.79 Å². The van der Waals surface area contributed by atoms with Gasteiger partial charge in [0.15, 0.2) is 0 Å². The Hall–Kier alpha value is -1.36. The number of amides is 1. The van der Waals surface area contributed by atoms with Gasteiger partial charge in [-0.15, -0.1) is 0 Å². The first-order valence-corrected chi connectivity index (χ1v) is 7.44. The van der Waals surface area contributed by atoms with Crippen LogP contribution in [0.15, 0.2) is 6.20 Å². The van der Waals surface area contributed by atoms with E-state index in [1.54, 1.807) is 6.20 Å². The summed E-state index contributed by atoms with van der Waals surface area (Å²) in [6.07, 6.45) is 2.55. The molecule has 2 rings (SSSR count). The SMILES string of the molecule is CCc1c(C(=O)N2CCNC(C)C2)cnn1C(C)(C)C. The highest BCUT2D eigenvalue weighted by molar-refractivity contribution is 5.95. The van der Waals surface area contributed by atoms with E-state index in [0.29, 0.717) is 6.04 Å². The van der Waals surface area contributed by atoms with Gasteiger partial charge < -0.3 is 10.2 Å². The average Bonchev–Trinajstić information content (AvgIpc) is 2.81. The largest absolute Gasteiger partial charge is 0.336 e. The van der Waals surface area contributed by atoms with Gasteiger partial charge in [-0.25, -0.2) is 0 Å². The number of hydrogen-bond donors (Lipinski definition) is 1. The van der Waals surface area contributed by atoms with Crippen LogP contribution in [0.2, 0.25) is 0 Å². The minimum atomic E-state index is -0.0966. The second-order valence-corrected chi connectivity index (χ2v) is 6.55. The van der Waals surface area contributed by atoms with Crippen LogP contribution in [-0.2, 0) is 12.0 Å². The van der Waals surface area contributed by atoms with Crippen LogP contribution < -0.4 is 5.32 Å². The van der Waals surface area contributed by atoms with E-state index in [1.807, 2.05) is 9.58 Å². The molecule has 1 amide bonds. The molecule has 1 aliphatic rings. The van der Waals surface area contributed by atoms with Crippen LogP contribution in [-0.4, -0.2) is 46.3 Å². The van der Waals surface area contributed by atoms with Crippen molar-refractivity contribution in [1.29, 1.82) is 0 Å². The first-order valence-electron chi connectivity index (χ1n) is 7.44. The van der Waals surface area contributed by atoms with Gasteiger partial charge in [0.25, 0.3) is 5.91 Å². The molecular formula is C15H26N4O. The predicted molar refractivity (Wildman–Crippen MR) is 80.0 cm³/mol. The predicted octanol–water partition coefficient (Wildman–Crippen LogP) is 1.63. The molecule has 5 heteroatoms. The summed E-state index contributed by atoms with van der Waals surface area (Å²) in [5, 5.41) is 7.81. The van der Waals surface area contributed by atoms with Crippen LogP contribution >= 0.6 is 0 Å². The zero-order valence-corrected chi connectivity index (χ0v) is 13.2. The van der Waals surface area contributed by atoms with Gasteiger partial charge in [0, 0.05) is 25.7 Å². The Morgan fingerprint density at radius 2 is 2.20 bits per heavy atom. The molecule has 1 N–H and O–H groups in total. The Morgan fingerprint density at radius 3 is 2.75 bits per heavy atom. The summed E-state index contributed by atoms with van der Waals surface area (Å²) in [7, 11) is 0. The molecular weight excluding hydrogens is 252 g/mol. The van der Waals surface area contributed by atoms with Crippen LogP contribution in [0.4, 0.5) is 0 Å². The molecule has 0 spiro atoms. The van der Waals surface area contributed by atoms with Gasteiger partial charge in [-0.3, -0.25) is 9.48 Å². The minimum Gasteiger partial charge on any atom is -0.336 e. The standard InChI is InChI=1S/C15H26N4O/c1-6-13-12(9-17-19(13)15(3,4)5)14(20)18-8-7-16-11(2)10-18/h9,11,16H,6-8,10H2,1-5H3. The summed E-state index contributed by atoms with van der Waals surface area (Å²) in [5.74, 6) is 0.116. The Kier molecular flexibility index (Phi) is 4.18. The van der Waals surface area contributed by atoms with E-state index in [4.69, 9.17) is 0 Å². The van der Waals surface area contributed by atoms with Crippen LogP contribution in [0.25, 0.3) is 0 Å². The number of carbonyl (C=O) groups is 1. The first kappa shape index (κ1) is 15.0. The summed E-state index contributed by atoms with van der Waals surface area (Å²) in [6, 6.07) is 0.357. The highest BCUT2D eigenvalue weighted by Gasteiger charge is 2.27. The average molecular weight is 278 g/mol. The first-order chi connectivity index (χ1) is 9.34. The van der Waals surface area contributed by atoms with Crippen LogP contribution in [0.3, 0.4) is 0 Å². The second-order valence-electron chi connectivity index (χ2n) is 6.55. The van der Waals surface area contributed by atoms with Gasteiger partial charge >= 0.3 is 0 Å². The van der Waals surface area contributed by atoms with Gasteiger partial charge in [0.05, 0.1) is 23.0 Å². The molecule has 20 heavy (non-hydrogen) atoms. The molecule has 2 heterocycles. The van der Waals surface area contributed by atoms with E-state index < -0.39 is 0 Å². The minimum absolute atomic E-state index is 0.0966. The number of nitrogens with one attached hydrogen (secondary N) is 1. The maximum Gasteiger partial charge on any atom is 0.257 e. The van der Waals surface area contributed by atoms with Crippen molar-refractivity contribution in [3.8, 4) is 0 Å². The molecule has 0 saturated carbocycles. The number of carbonyl (C=O) groups excluding carboxylic acids is 1. The van der Waals surface area contributed by atoms with Gasteiger partial charge in [0.1, 0.15) is 0 Å². The highest BCUT2D eigenvalue weighted by atomic mass is 16.2. The van der Waals surface area contributed by atoms with Gasteiger partial charge in [-0.2, -0.15) is 5.10 Å². The normalized spacial score (nSPS) is 20.2. The number of nitrogens with zero attached hydrogens (tertiary/aromatic N) is 3. The summed E-state index contributed by atoms with van der Waals surface area (Å²) in [4.78, 5) is 14.6. The fourth-order valence-electron chi connectivity index (χ4n) is 2.76. The molecule has 1 saturated heterocycles. The van der Waals surface area contributed by atoms with Crippen molar-refractivity contribution in [3.05, 3.63) is 17.5 Å². The summed E-state index contributed by atoms with van der Waals surface area (Å²) < 4.78 is 1.98. The van der Waals surface area contributed by atoms with Gasteiger partial charge in [-0.1, -0.05) is 6.92 Å². The molecule has 0 bridgehead atoms. The summed E-state index contributed by atoms with van der Waals surface area (Å²) in [5.41, 5.74) is 1.70. The van der Waals surface area contributed by atoms with E-state index in [1.165, 1.54) is 0 Å². The van der Waals surface area contributed by atoms with E-state index in [9.17, 15) is 4.79 Å². The van der Waals surface area contributed by atoms with Crippen molar-refractivity contribution in [3.63, 3.8) is 0 Å². The topological polar surface area (TPSA) is 50.2 Å². The molecule has 5 nitrogen and oxygen atoms in total. The lowest BCUT2D eigenvalue weighted by molar-refractivity contribution is 0.0707. The molecule has 1 unspecified atom stereocenters. The zero-order chi connectivity index (χ0) is 14.9. The van der Waals surface area contributed by atoms with Crippen molar-refractivity contribution in [2.24, 2.45) is 0 Å². The highest BCUT2D eigenvalue weighted by Crippen LogP contribution is 2.21. The number of hydrogen-bond acceptors (Lipinski definition) is 3. The van der Waals surface area contributed by atoms with E-state index in [2.05, 4.69) is 45.0 Å². The third kappa shape index (κ3) is 2.87. The molecule has 1 fully saturated rings. The molecule has 1 aromatic rings. The molecule has 1 atom stereocenters. The maximum absolute atomic E-state index is 12.7. The molecule has 0 aliphatic carbocycles. The fraction of sp³-hybridized carbons (Fsp3) is 0.733. The van der Waals surface area contributed by atoms with E-state index in [0.717, 1.165) is 37.3 Å². The lowest BCUT2D eigenvalue weighted by Gasteiger charge is -2.32. The smallest absolute Gasteiger partial charge is 0.257 e. The Balaban J connectivity index is 2.28. The second kappa shape index (κ2) is 5.56. The lowest BCUT2D eigenvalue weighted by Crippen LogP contribution is -2.51. The molecule has 1 aliphatic heterocycles. The van der Waals surface area contributed by atoms with E-state index >= 15 is 0 Å². The number of rotatable bonds is 2. The van der Waals surface area contributed by atoms with Crippen molar-refractivity contribution in [1.82, 2.24) is 20.0 Å². The Bertz CT molecular complexity index is 487. The zero-order valence-electron chi connectivity index (χ0n) is 13.2. The van der Waals surface area contributed by atoms with Gasteiger partial charge in [-0.05, 0) is 34.1 Å². The molecule has 0 aromatic carbocycles. The van der Waals surface area contributed by atoms with Crippen molar-refractivity contribution >= 4 is 5.91 Å². The Morgan fingerprint density at radius 1 is 1.50 bits per heavy atom. The third-order valence-electron chi connectivity index (χ3n) is 3.73. The van der Waals surface area contributed by atoms with Crippen molar-refractivity contribution in [2.45, 2.75) is 52.6 Å².